The van der Waals surface area contributed by atoms with Crippen molar-refractivity contribution in [3.05, 3.63) is 53.6 Å². The van der Waals surface area contributed by atoms with Crippen LogP contribution in [0.1, 0.15) is 12.5 Å². The smallest absolute Gasteiger partial charge is 0.127 e. The summed E-state index contributed by atoms with van der Waals surface area (Å²) in [5.41, 5.74) is 5.77. The first-order valence-electron chi connectivity index (χ1n) is 5.90. The van der Waals surface area contributed by atoms with E-state index in [1.165, 1.54) is 11.1 Å². The zero-order valence-corrected chi connectivity index (χ0v) is 12.1. The molecule has 0 saturated heterocycles. The molecule has 0 fully saturated rings. The minimum Gasteiger partial charge on any atom is -0.127 e. The van der Waals surface area contributed by atoms with Gasteiger partial charge in [0.05, 0.1) is 0 Å². The van der Waals surface area contributed by atoms with Gasteiger partial charge >= 0.3 is 0 Å². The Morgan fingerprint density at radius 2 is 1.76 bits per heavy atom. The Bertz CT molecular complexity index is 462. The van der Waals surface area contributed by atoms with E-state index in [0.717, 1.165) is 0 Å². The molecule has 0 spiro atoms. The zero-order valence-electron chi connectivity index (χ0n) is 11.1. The van der Waals surface area contributed by atoms with Crippen molar-refractivity contribution in [2.75, 3.05) is 0 Å². The van der Waals surface area contributed by atoms with Crippen molar-refractivity contribution >= 4 is 14.1 Å². The van der Waals surface area contributed by atoms with Crippen molar-refractivity contribution < 1.29 is 0 Å². The predicted molar refractivity (Wildman–Crippen MR) is 80.4 cm³/mol. The number of hydrogen-bond donors (Lipinski definition) is 0. The second kappa shape index (κ2) is 6.27. The molecule has 0 aromatic heterocycles. The molecule has 0 aliphatic carbocycles. The molecule has 0 aliphatic rings. The van der Waals surface area contributed by atoms with E-state index in [0.29, 0.717) is 0 Å². The van der Waals surface area contributed by atoms with Gasteiger partial charge in [-0.25, -0.2) is 0 Å². The summed E-state index contributed by atoms with van der Waals surface area (Å²) >= 11 is 0. The van der Waals surface area contributed by atoms with Gasteiger partial charge in [0, 0.05) is 0 Å². The van der Waals surface area contributed by atoms with Crippen LogP contribution in [0.3, 0.4) is 0 Å². The monoisotopic (exact) mass is 240 g/mol. The number of benzene rings is 1. The Hall–Kier alpha value is -1.52. The molecule has 0 bridgehead atoms. The van der Waals surface area contributed by atoms with E-state index in [1.807, 2.05) is 24.3 Å². The van der Waals surface area contributed by atoms with Gasteiger partial charge in [-0.05, 0) is 24.1 Å². The summed E-state index contributed by atoms with van der Waals surface area (Å²) in [6.45, 7) is 8.85. The molecule has 1 heteroatoms. The Morgan fingerprint density at radius 1 is 1.12 bits per heavy atom. The summed E-state index contributed by atoms with van der Waals surface area (Å²) in [4.78, 5) is 0. The molecule has 17 heavy (non-hydrogen) atoms. The molecule has 0 N–H and O–H groups in total. The lowest BCUT2D eigenvalue weighted by Gasteiger charge is -2.02. The molecule has 1 rings (SSSR count). The molecule has 0 radical (unpaired) electrons. The van der Waals surface area contributed by atoms with E-state index in [4.69, 9.17) is 0 Å². The van der Waals surface area contributed by atoms with Crippen molar-refractivity contribution in [1.82, 2.24) is 0 Å². The summed E-state index contributed by atoms with van der Waals surface area (Å²) in [7, 11) is -1.24. The van der Waals surface area contributed by atoms with Gasteiger partial charge in [-0.15, -0.1) is 5.54 Å². The van der Waals surface area contributed by atoms with Crippen molar-refractivity contribution in [2.24, 2.45) is 0 Å². The van der Waals surface area contributed by atoms with Gasteiger partial charge in [0.25, 0.3) is 0 Å². The molecule has 1 aromatic carbocycles. The third-order valence-corrected chi connectivity index (χ3v) is 2.96. The van der Waals surface area contributed by atoms with Crippen LogP contribution in [0.25, 0.3) is 6.08 Å². The second-order valence-corrected chi connectivity index (χ2v) is 9.90. The first-order chi connectivity index (χ1) is 7.97. The molecule has 0 atom stereocenters. The highest BCUT2D eigenvalue weighted by Crippen LogP contribution is 2.06. The Balaban J connectivity index is 2.66. The Kier molecular flexibility index (Phi) is 5.00. The minimum absolute atomic E-state index is 1.22. The van der Waals surface area contributed by atoms with Crippen molar-refractivity contribution in [3.8, 4) is 11.5 Å². The molecule has 88 valence electrons. The van der Waals surface area contributed by atoms with E-state index >= 15 is 0 Å². The molecular formula is C16H20Si. The van der Waals surface area contributed by atoms with E-state index in [1.54, 1.807) is 0 Å². The average molecular weight is 240 g/mol. The van der Waals surface area contributed by atoms with Crippen LogP contribution in [0.2, 0.25) is 19.6 Å². The molecule has 0 nitrogen and oxygen atoms in total. The highest BCUT2D eigenvalue weighted by atomic mass is 28.3. The first kappa shape index (κ1) is 13.5. The van der Waals surface area contributed by atoms with Crippen molar-refractivity contribution in [2.45, 2.75) is 26.6 Å². The van der Waals surface area contributed by atoms with Gasteiger partial charge in [-0.1, -0.05) is 68.0 Å². The highest BCUT2D eigenvalue weighted by Gasteiger charge is 2.06. The van der Waals surface area contributed by atoms with Crippen LogP contribution in [0.4, 0.5) is 0 Å². The predicted octanol–water partition coefficient (Wildman–Crippen LogP) is 4.53. The van der Waals surface area contributed by atoms with Gasteiger partial charge in [-0.2, -0.15) is 0 Å². The molecule has 0 saturated carbocycles. The van der Waals surface area contributed by atoms with Crippen LogP contribution >= 0.6 is 0 Å². The van der Waals surface area contributed by atoms with Crippen LogP contribution in [0.15, 0.2) is 48.1 Å². The fourth-order valence-corrected chi connectivity index (χ4v) is 1.81. The standard InChI is InChI=1S/C16H20Si/c1-15(10-8-9-13-17(2,3)4)14-16-11-6-5-7-12-16/h5-8,10-12,14H,1-4H3/b10-8+,15-14+. The first-order valence-corrected chi connectivity index (χ1v) is 9.40. The number of rotatable bonds is 2. The average Bonchev–Trinajstić information content (AvgIpc) is 2.25. The summed E-state index contributed by atoms with van der Waals surface area (Å²) < 4.78 is 0. The fraction of sp³-hybridized carbons (Fsp3) is 0.250. The molecule has 0 aliphatic heterocycles. The van der Waals surface area contributed by atoms with E-state index < -0.39 is 8.07 Å². The van der Waals surface area contributed by atoms with E-state index in [-0.39, 0.29) is 0 Å². The van der Waals surface area contributed by atoms with E-state index in [9.17, 15) is 0 Å². The van der Waals surface area contributed by atoms with Crippen LogP contribution < -0.4 is 0 Å². The fourth-order valence-electron chi connectivity index (χ4n) is 1.29. The maximum atomic E-state index is 3.32. The molecule has 0 heterocycles. The topological polar surface area (TPSA) is 0 Å². The third kappa shape index (κ3) is 6.60. The Labute approximate surface area is 106 Å². The summed E-state index contributed by atoms with van der Waals surface area (Å²) in [5.74, 6) is 3.13. The van der Waals surface area contributed by atoms with Gasteiger partial charge in [0.15, 0.2) is 0 Å². The molecular weight excluding hydrogens is 220 g/mol. The SMILES string of the molecule is CC(/C=C/C#C[Si](C)(C)C)=C\c1ccccc1. The van der Waals surface area contributed by atoms with Crippen LogP contribution in [-0.2, 0) is 0 Å². The lowest BCUT2D eigenvalue weighted by molar-refractivity contribution is 1.54. The van der Waals surface area contributed by atoms with Crippen LogP contribution in [-0.4, -0.2) is 8.07 Å². The van der Waals surface area contributed by atoms with Gasteiger partial charge in [0.2, 0.25) is 0 Å². The normalized spacial score (nSPS) is 12.4. The highest BCUT2D eigenvalue weighted by molar-refractivity contribution is 6.83. The van der Waals surface area contributed by atoms with Gasteiger partial charge in [0.1, 0.15) is 8.07 Å². The largest absolute Gasteiger partial charge is 0.129 e. The molecule has 1 aromatic rings. The second-order valence-electron chi connectivity index (χ2n) is 5.15. The summed E-state index contributed by atoms with van der Waals surface area (Å²) in [6, 6.07) is 10.3. The maximum Gasteiger partial charge on any atom is 0.129 e. The molecule has 0 unspecified atom stereocenters. The zero-order chi connectivity index (χ0) is 12.7. The molecule has 0 amide bonds. The van der Waals surface area contributed by atoms with Crippen molar-refractivity contribution in [1.29, 1.82) is 0 Å². The quantitative estimate of drug-likeness (QED) is 0.405. The van der Waals surface area contributed by atoms with Gasteiger partial charge in [-0.3, -0.25) is 0 Å². The number of allylic oxidation sites excluding steroid dienone is 3. The van der Waals surface area contributed by atoms with Crippen LogP contribution in [0.5, 0.6) is 0 Å². The van der Waals surface area contributed by atoms with E-state index in [2.05, 4.69) is 62.3 Å². The Morgan fingerprint density at radius 3 is 2.35 bits per heavy atom. The lowest BCUT2D eigenvalue weighted by atomic mass is 10.1. The lowest BCUT2D eigenvalue weighted by Crippen LogP contribution is -2.16. The summed E-state index contributed by atoms with van der Waals surface area (Å²) in [6.07, 6.45) is 6.18. The number of hydrogen-bond acceptors (Lipinski definition) is 0. The maximum absolute atomic E-state index is 3.32. The van der Waals surface area contributed by atoms with Crippen LogP contribution in [0, 0.1) is 11.5 Å². The minimum atomic E-state index is -1.24. The van der Waals surface area contributed by atoms with Gasteiger partial charge < -0.3 is 0 Å². The summed E-state index contributed by atoms with van der Waals surface area (Å²) in [5, 5.41) is 0. The van der Waals surface area contributed by atoms with Crippen molar-refractivity contribution in [3.63, 3.8) is 0 Å². The third-order valence-electron chi connectivity index (χ3n) is 2.07.